The van der Waals surface area contributed by atoms with Crippen molar-refractivity contribution >= 4 is 11.5 Å². The van der Waals surface area contributed by atoms with Gasteiger partial charge in [0, 0.05) is 19.3 Å². The fraction of sp³-hybridized carbons (Fsp3) is 0.500. The lowest BCUT2D eigenvalue weighted by molar-refractivity contribution is 0.201. The van der Waals surface area contributed by atoms with Crippen LogP contribution in [0.5, 0.6) is 0 Å². The largest absolute Gasteiger partial charge is 0.409 e. The molecule has 0 aromatic carbocycles. The van der Waals surface area contributed by atoms with E-state index in [0.717, 1.165) is 11.4 Å². The van der Waals surface area contributed by atoms with Gasteiger partial charge in [-0.05, 0) is 26.8 Å². The summed E-state index contributed by atoms with van der Waals surface area (Å²) in [6.07, 6.45) is -0.469. The van der Waals surface area contributed by atoms with Crippen molar-refractivity contribution in [3.05, 3.63) is 23.0 Å². The number of aromatic nitrogens is 1. The molecule has 6 nitrogen and oxygen atoms in total. The molecule has 0 spiro atoms. The van der Waals surface area contributed by atoms with Crippen LogP contribution >= 0.6 is 0 Å². The van der Waals surface area contributed by atoms with Crippen molar-refractivity contribution in [1.29, 1.82) is 0 Å². The van der Waals surface area contributed by atoms with Gasteiger partial charge in [-0.1, -0.05) is 5.16 Å². The number of aliphatic hydroxyl groups is 1. The van der Waals surface area contributed by atoms with Crippen LogP contribution in [0.2, 0.25) is 0 Å². The van der Waals surface area contributed by atoms with Gasteiger partial charge in [-0.25, -0.2) is 0 Å². The van der Waals surface area contributed by atoms with Gasteiger partial charge < -0.3 is 20.9 Å². The predicted octanol–water partition coefficient (Wildman–Crippen LogP) is 0.610. The molecule has 0 radical (unpaired) electrons. The van der Waals surface area contributed by atoms with E-state index in [0.29, 0.717) is 17.8 Å². The summed E-state index contributed by atoms with van der Waals surface area (Å²) in [7, 11) is 1.84. The number of rotatable bonds is 4. The van der Waals surface area contributed by atoms with E-state index in [4.69, 9.17) is 10.9 Å². The molecule has 1 unspecified atom stereocenters. The Kier molecular flexibility index (Phi) is 4.49. The van der Waals surface area contributed by atoms with Crippen LogP contribution in [0, 0.1) is 13.8 Å². The molecule has 0 saturated carbocycles. The molecule has 0 saturated heterocycles. The number of hydrogen-bond acceptors (Lipinski definition) is 5. The number of oxime groups is 1. The fourth-order valence-electron chi connectivity index (χ4n) is 1.97. The van der Waals surface area contributed by atoms with Crippen LogP contribution in [0.25, 0.3) is 0 Å². The maximum atomic E-state index is 9.44. The Morgan fingerprint density at radius 1 is 1.56 bits per heavy atom. The highest BCUT2D eigenvalue weighted by atomic mass is 16.4. The van der Waals surface area contributed by atoms with Gasteiger partial charge in [-0.3, -0.25) is 4.98 Å². The maximum absolute atomic E-state index is 9.44. The molecular weight excluding hydrogens is 232 g/mol. The fourth-order valence-corrected chi connectivity index (χ4v) is 1.97. The van der Waals surface area contributed by atoms with Crippen molar-refractivity contribution in [2.45, 2.75) is 26.9 Å². The number of nitrogens with two attached hydrogens (primary N) is 1. The molecule has 100 valence electrons. The summed E-state index contributed by atoms with van der Waals surface area (Å²) in [6, 6.07) is 1.85. The first-order valence-electron chi connectivity index (χ1n) is 5.72. The highest BCUT2D eigenvalue weighted by molar-refractivity contribution is 6.03. The average Bonchev–Trinajstić information content (AvgIpc) is 2.26. The Morgan fingerprint density at radius 2 is 2.17 bits per heavy atom. The maximum Gasteiger partial charge on any atom is 0.174 e. The van der Waals surface area contributed by atoms with Gasteiger partial charge in [-0.15, -0.1) is 0 Å². The Balaban J connectivity index is 3.31. The molecule has 4 N–H and O–H groups in total. The van der Waals surface area contributed by atoms with Crippen LogP contribution in [0.3, 0.4) is 0 Å². The topological polar surface area (TPSA) is 95.0 Å². The minimum atomic E-state index is -0.469. The number of aryl methyl sites for hydroxylation is 2. The second kappa shape index (κ2) is 5.68. The van der Waals surface area contributed by atoms with Crippen LogP contribution in [-0.4, -0.2) is 40.8 Å². The quantitative estimate of drug-likeness (QED) is 0.316. The summed E-state index contributed by atoms with van der Waals surface area (Å²) in [6.45, 7) is 5.85. The minimum absolute atomic E-state index is 0.0208. The van der Waals surface area contributed by atoms with Gasteiger partial charge in [-0.2, -0.15) is 0 Å². The lowest BCUT2D eigenvalue weighted by Crippen LogP contribution is -2.30. The van der Waals surface area contributed by atoms with Crippen LogP contribution in [0.1, 0.15) is 23.9 Å². The molecule has 1 heterocycles. The van der Waals surface area contributed by atoms with Crippen LogP contribution in [0.15, 0.2) is 11.2 Å². The van der Waals surface area contributed by atoms with E-state index in [-0.39, 0.29) is 5.84 Å². The van der Waals surface area contributed by atoms with E-state index in [2.05, 4.69) is 10.1 Å². The number of likely N-dealkylation sites (N-methyl/N-ethyl adjacent to an activating group) is 1. The van der Waals surface area contributed by atoms with E-state index in [1.54, 1.807) is 13.8 Å². The first-order valence-corrected chi connectivity index (χ1v) is 5.72. The Hall–Kier alpha value is -1.82. The molecular formula is C12H20N4O2. The van der Waals surface area contributed by atoms with Gasteiger partial charge >= 0.3 is 0 Å². The SMILES string of the molecule is Cc1cc(N(C)CC(C)O)c(/C(N)=N/O)c(C)n1. The number of nitrogens with zero attached hydrogens (tertiary/aromatic N) is 3. The van der Waals surface area contributed by atoms with E-state index in [1.165, 1.54) is 0 Å². The van der Waals surface area contributed by atoms with Gasteiger partial charge in [0.15, 0.2) is 5.84 Å². The Morgan fingerprint density at radius 3 is 2.67 bits per heavy atom. The van der Waals surface area contributed by atoms with E-state index < -0.39 is 6.10 Å². The summed E-state index contributed by atoms with van der Waals surface area (Å²) < 4.78 is 0. The molecule has 1 aromatic rings. The van der Waals surface area contributed by atoms with Crippen molar-refractivity contribution < 1.29 is 10.3 Å². The molecule has 1 aromatic heterocycles. The predicted molar refractivity (Wildman–Crippen MR) is 71.2 cm³/mol. The number of aliphatic hydroxyl groups excluding tert-OH is 1. The zero-order valence-corrected chi connectivity index (χ0v) is 11.2. The number of hydrogen-bond donors (Lipinski definition) is 3. The van der Waals surface area contributed by atoms with Crippen molar-refractivity contribution in [2.24, 2.45) is 10.9 Å². The molecule has 6 heteroatoms. The molecule has 1 atom stereocenters. The van der Waals surface area contributed by atoms with Crippen molar-refractivity contribution in [3.63, 3.8) is 0 Å². The number of amidine groups is 1. The molecule has 0 fully saturated rings. The molecule has 18 heavy (non-hydrogen) atoms. The molecule has 0 amide bonds. The van der Waals surface area contributed by atoms with Crippen LogP contribution < -0.4 is 10.6 Å². The third-order valence-electron chi connectivity index (χ3n) is 2.62. The van der Waals surface area contributed by atoms with E-state index in [9.17, 15) is 5.11 Å². The minimum Gasteiger partial charge on any atom is -0.409 e. The van der Waals surface area contributed by atoms with Crippen molar-refractivity contribution in [3.8, 4) is 0 Å². The summed E-state index contributed by atoms with van der Waals surface area (Å²) in [5, 5.41) is 21.3. The summed E-state index contributed by atoms with van der Waals surface area (Å²) >= 11 is 0. The van der Waals surface area contributed by atoms with Gasteiger partial charge in [0.25, 0.3) is 0 Å². The van der Waals surface area contributed by atoms with E-state index >= 15 is 0 Å². The standard InChI is InChI=1S/C12H20N4O2/c1-7-5-10(16(4)6-8(2)17)11(9(3)14-7)12(13)15-18/h5,8,17-18H,6H2,1-4H3,(H2,13,15). The van der Waals surface area contributed by atoms with Gasteiger partial charge in [0.05, 0.1) is 23.0 Å². The molecule has 0 aliphatic rings. The zero-order chi connectivity index (χ0) is 13.9. The normalized spacial score (nSPS) is 13.5. The summed E-state index contributed by atoms with van der Waals surface area (Å²) in [5.74, 6) is 0.0208. The first-order chi connectivity index (χ1) is 8.36. The van der Waals surface area contributed by atoms with Crippen LogP contribution in [-0.2, 0) is 0 Å². The number of pyridine rings is 1. The molecule has 0 bridgehead atoms. The monoisotopic (exact) mass is 252 g/mol. The van der Waals surface area contributed by atoms with Crippen molar-refractivity contribution in [1.82, 2.24) is 4.98 Å². The van der Waals surface area contributed by atoms with E-state index in [1.807, 2.05) is 24.9 Å². The second-order valence-corrected chi connectivity index (χ2v) is 4.46. The van der Waals surface area contributed by atoms with Gasteiger partial charge in [0.1, 0.15) is 0 Å². The lowest BCUT2D eigenvalue weighted by Gasteiger charge is -2.24. The molecule has 0 aliphatic heterocycles. The number of anilines is 1. The lowest BCUT2D eigenvalue weighted by atomic mass is 10.1. The second-order valence-electron chi connectivity index (χ2n) is 4.46. The third kappa shape index (κ3) is 3.10. The highest BCUT2D eigenvalue weighted by Crippen LogP contribution is 2.23. The Labute approximate surface area is 107 Å². The third-order valence-corrected chi connectivity index (χ3v) is 2.62. The zero-order valence-electron chi connectivity index (χ0n) is 11.2. The first kappa shape index (κ1) is 14.2. The van der Waals surface area contributed by atoms with Crippen LogP contribution in [0.4, 0.5) is 5.69 Å². The average molecular weight is 252 g/mol. The Bertz CT molecular complexity index is 458. The highest BCUT2D eigenvalue weighted by Gasteiger charge is 2.16. The summed E-state index contributed by atoms with van der Waals surface area (Å²) in [5.41, 5.74) is 8.60. The summed E-state index contributed by atoms with van der Waals surface area (Å²) in [4.78, 5) is 6.16. The van der Waals surface area contributed by atoms with Crippen molar-refractivity contribution in [2.75, 3.05) is 18.5 Å². The smallest absolute Gasteiger partial charge is 0.174 e. The molecule has 0 aliphatic carbocycles. The molecule has 1 rings (SSSR count). The van der Waals surface area contributed by atoms with Gasteiger partial charge in [0.2, 0.25) is 0 Å².